The van der Waals surface area contributed by atoms with Gasteiger partial charge in [-0.25, -0.2) is 0 Å². The zero-order chi connectivity index (χ0) is 8.60. The molecule has 0 radical (unpaired) electrons. The van der Waals surface area contributed by atoms with E-state index in [1.165, 1.54) is 0 Å². The van der Waals surface area contributed by atoms with Crippen LogP contribution in [0.4, 0.5) is 0 Å². The van der Waals surface area contributed by atoms with Crippen LogP contribution < -0.4 is 4.74 Å². The summed E-state index contributed by atoms with van der Waals surface area (Å²) in [5.74, 6) is 0.713. The van der Waals surface area contributed by atoms with E-state index in [1.54, 1.807) is 6.08 Å². The van der Waals surface area contributed by atoms with Gasteiger partial charge in [0, 0.05) is 5.56 Å². The molecule has 0 spiro atoms. The highest BCUT2D eigenvalue weighted by molar-refractivity contribution is 6.49. The summed E-state index contributed by atoms with van der Waals surface area (Å²) in [4.78, 5) is 0. The van der Waals surface area contributed by atoms with Gasteiger partial charge in [-0.2, -0.15) is 0 Å². The Morgan fingerprint density at radius 3 is 2.75 bits per heavy atom. The molecular formula is C9H6Cl2O. The van der Waals surface area contributed by atoms with Crippen molar-refractivity contribution in [3.63, 3.8) is 0 Å². The fourth-order valence-corrected chi connectivity index (χ4v) is 1.37. The maximum Gasteiger partial charge on any atom is 0.278 e. The van der Waals surface area contributed by atoms with Crippen LogP contribution in [0.3, 0.4) is 0 Å². The van der Waals surface area contributed by atoms with Gasteiger partial charge in [-0.1, -0.05) is 41.4 Å². The van der Waals surface area contributed by atoms with Crippen molar-refractivity contribution in [1.82, 2.24) is 0 Å². The number of benzene rings is 1. The average molecular weight is 201 g/mol. The third-order valence-corrected chi connectivity index (χ3v) is 2.03. The molecule has 0 atom stereocenters. The molecule has 3 heteroatoms. The van der Waals surface area contributed by atoms with Gasteiger partial charge in [0.25, 0.3) is 4.52 Å². The van der Waals surface area contributed by atoms with E-state index >= 15 is 0 Å². The fraction of sp³-hybridized carbons (Fsp3) is 0.111. The molecule has 0 saturated carbocycles. The number of fused-ring (bicyclic) bond motifs is 1. The first-order chi connectivity index (χ1) is 5.67. The van der Waals surface area contributed by atoms with Gasteiger partial charge in [0.2, 0.25) is 0 Å². The molecule has 0 aliphatic carbocycles. The quantitative estimate of drug-likeness (QED) is 0.585. The lowest BCUT2D eigenvalue weighted by Crippen LogP contribution is -2.21. The molecule has 0 unspecified atom stereocenters. The van der Waals surface area contributed by atoms with Crippen LogP contribution in [0, 0.1) is 0 Å². The molecule has 0 aromatic heterocycles. The Morgan fingerprint density at radius 1 is 1.17 bits per heavy atom. The van der Waals surface area contributed by atoms with Gasteiger partial charge in [-0.05, 0) is 18.2 Å². The van der Waals surface area contributed by atoms with Gasteiger partial charge in [0.05, 0.1) is 0 Å². The minimum Gasteiger partial charge on any atom is -0.454 e. The van der Waals surface area contributed by atoms with E-state index in [-0.39, 0.29) is 0 Å². The van der Waals surface area contributed by atoms with Crippen molar-refractivity contribution in [1.29, 1.82) is 0 Å². The molecule has 0 bridgehead atoms. The average Bonchev–Trinajstić information content (AvgIpc) is 2.02. The van der Waals surface area contributed by atoms with Gasteiger partial charge in [0.1, 0.15) is 5.75 Å². The molecule has 62 valence electrons. The Kier molecular flexibility index (Phi) is 1.78. The minimum absolute atomic E-state index is 0.713. The molecule has 1 aromatic rings. The summed E-state index contributed by atoms with van der Waals surface area (Å²) >= 11 is 11.5. The highest BCUT2D eigenvalue weighted by Gasteiger charge is 2.26. The van der Waals surface area contributed by atoms with Crippen LogP contribution in [0.15, 0.2) is 30.3 Å². The SMILES string of the molecule is ClC1(Cl)C=Cc2ccccc2O1. The Bertz CT molecular complexity index is 331. The summed E-state index contributed by atoms with van der Waals surface area (Å²) in [6, 6.07) is 7.58. The number of para-hydroxylation sites is 1. The number of halogens is 2. The summed E-state index contributed by atoms with van der Waals surface area (Å²) in [5.41, 5.74) is 0.995. The highest BCUT2D eigenvalue weighted by atomic mass is 35.5. The molecule has 0 N–H and O–H groups in total. The predicted molar refractivity (Wildman–Crippen MR) is 50.5 cm³/mol. The van der Waals surface area contributed by atoms with Gasteiger partial charge in [-0.3, -0.25) is 0 Å². The van der Waals surface area contributed by atoms with Gasteiger partial charge >= 0.3 is 0 Å². The standard InChI is InChI=1S/C9H6Cl2O/c10-9(11)6-5-7-3-1-2-4-8(7)12-9/h1-6H. The van der Waals surface area contributed by atoms with Crippen molar-refractivity contribution in [3.8, 4) is 5.75 Å². The lowest BCUT2D eigenvalue weighted by Gasteiger charge is -2.22. The number of ether oxygens (including phenoxy) is 1. The van der Waals surface area contributed by atoms with Crippen molar-refractivity contribution in [2.24, 2.45) is 0 Å². The zero-order valence-corrected chi connectivity index (χ0v) is 7.64. The number of alkyl halides is 2. The zero-order valence-electron chi connectivity index (χ0n) is 6.13. The van der Waals surface area contributed by atoms with E-state index < -0.39 is 4.52 Å². The maximum absolute atomic E-state index is 5.76. The van der Waals surface area contributed by atoms with Crippen molar-refractivity contribution in [3.05, 3.63) is 35.9 Å². The highest BCUT2D eigenvalue weighted by Crippen LogP contribution is 2.35. The molecule has 0 saturated heterocycles. The van der Waals surface area contributed by atoms with Crippen molar-refractivity contribution in [2.75, 3.05) is 0 Å². The molecule has 0 amide bonds. The Morgan fingerprint density at radius 2 is 1.92 bits per heavy atom. The van der Waals surface area contributed by atoms with Crippen LogP contribution >= 0.6 is 23.2 Å². The molecule has 2 rings (SSSR count). The largest absolute Gasteiger partial charge is 0.454 e. The Hall–Kier alpha value is -0.660. The number of rotatable bonds is 0. The number of hydrogen-bond donors (Lipinski definition) is 0. The van der Waals surface area contributed by atoms with E-state index in [2.05, 4.69) is 0 Å². The van der Waals surface area contributed by atoms with Crippen molar-refractivity contribution < 1.29 is 4.74 Å². The van der Waals surface area contributed by atoms with Gasteiger partial charge < -0.3 is 4.74 Å². The topological polar surface area (TPSA) is 9.23 Å². The molecule has 1 aromatic carbocycles. The van der Waals surface area contributed by atoms with E-state index in [0.717, 1.165) is 5.56 Å². The minimum atomic E-state index is -1.21. The third-order valence-electron chi connectivity index (χ3n) is 1.62. The van der Waals surface area contributed by atoms with E-state index in [9.17, 15) is 0 Å². The van der Waals surface area contributed by atoms with E-state index in [1.807, 2.05) is 30.3 Å². The summed E-state index contributed by atoms with van der Waals surface area (Å²) in [7, 11) is 0. The molecule has 12 heavy (non-hydrogen) atoms. The summed E-state index contributed by atoms with van der Waals surface area (Å²) in [5, 5.41) is 0. The molecule has 0 fully saturated rings. The summed E-state index contributed by atoms with van der Waals surface area (Å²) in [6.07, 6.45) is 3.46. The monoisotopic (exact) mass is 200 g/mol. The second-order valence-electron chi connectivity index (χ2n) is 2.54. The van der Waals surface area contributed by atoms with Gasteiger partial charge in [-0.15, -0.1) is 0 Å². The van der Waals surface area contributed by atoms with Gasteiger partial charge in [0.15, 0.2) is 0 Å². The molecule has 1 aliphatic rings. The number of hydrogen-bond acceptors (Lipinski definition) is 1. The Balaban J connectivity index is 2.46. The Labute approximate surface area is 80.6 Å². The summed E-state index contributed by atoms with van der Waals surface area (Å²) in [6.45, 7) is 0. The first-order valence-electron chi connectivity index (χ1n) is 3.52. The third kappa shape index (κ3) is 1.43. The van der Waals surface area contributed by atoms with Crippen LogP contribution in [-0.2, 0) is 0 Å². The smallest absolute Gasteiger partial charge is 0.278 e. The second-order valence-corrected chi connectivity index (χ2v) is 3.85. The van der Waals surface area contributed by atoms with Crippen LogP contribution in [-0.4, -0.2) is 4.52 Å². The molecule has 1 aliphatic heterocycles. The molecule has 1 heterocycles. The van der Waals surface area contributed by atoms with Crippen LogP contribution in [0.1, 0.15) is 5.56 Å². The first kappa shape index (κ1) is 7.96. The summed E-state index contributed by atoms with van der Waals surface area (Å²) < 4.78 is 4.05. The second kappa shape index (κ2) is 2.68. The molecule has 1 nitrogen and oxygen atoms in total. The lowest BCUT2D eigenvalue weighted by molar-refractivity contribution is 0.285. The van der Waals surface area contributed by atoms with Crippen LogP contribution in [0.5, 0.6) is 5.75 Å². The normalized spacial score (nSPS) is 18.2. The first-order valence-corrected chi connectivity index (χ1v) is 4.28. The molecular weight excluding hydrogens is 195 g/mol. The van der Waals surface area contributed by atoms with Crippen molar-refractivity contribution in [2.45, 2.75) is 4.52 Å². The lowest BCUT2D eigenvalue weighted by atomic mass is 10.1. The fourth-order valence-electron chi connectivity index (χ4n) is 1.08. The van der Waals surface area contributed by atoms with Crippen molar-refractivity contribution >= 4 is 29.3 Å². The van der Waals surface area contributed by atoms with E-state index in [0.29, 0.717) is 5.75 Å². The predicted octanol–water partition coefficient (Wildman–Crippen LogP) is 3.22. The maximum atomic E-state index is 5.76. The van der Waals surface area contributed by atoms with Crippen LogP contribution in [0.25, 0.3) is 6.08 Å². The van der Waals surface area contributed by atoms with E-state index in [4.69, 9.17) is 27.9 Å². The van der Waals surface area contributed by atoms with Crippen LogP contribution in [0.2, 0.25) is 0 Å².